The Hall–Kier alpha value is -1.81. The molecular weight excluding hydrogens is 507 g/mol. The molecule has 0 saturated heterocycles. The van der Waals surface area contributed by atoms with Crippen LogP contribution in [0.3, 0.4) is 0 Å². The molecular formula is C23H37IN4O3. The van der Waals surface area contributed by atoms with Gasteiger partial charge in [-0.2, -0.15) is 0 Å². The third-order valence-corrected chi connectivity index (χ3v) is 4.42. The first kappa shape index (κ1) is 27.2. The average Bonchev–Trinajstić information content (AvgIpc) is 3.18. The summed E-state index contributed by atoms with van der Waals surface area (Å²) >= 11 is 0. The Kier molecular flexibility index (Phi) is 11.9. The molecule has 0 radical (unpaired) electrons. The summed E-state index contributed by atoms with van der Waals surface area (Å²) in [5.74, 6) is 3.09. The summed E-state index contributed by atoms with van der Waals surface area (Å²) in [7, 11) is 1.70. The Morgan fingerprint density at radius 1 is 1.19 bits per heavy atom. The van der Waals surface area contributed by atoms with Crippen molar-refractivity contribution < 1.29 is 13.9 Å². The van der Waals surface area contributed by atoms with Gasteiger partial charge in [-0.3, -0.25) is 0 Å². The molecule has 0 spiro atoms. The largest absolute Gasteiger partial charge is 0.493 e. The molecule has 0 saturated carbocycles. The third-order valence-electron chi connectivity index (χ3n) is 4.42. The fourth-order valence-electron chi connectivity index (χ4n) is 2.72. The first-order valence-electron chi connectivity index (χ1n) is 10.5. The summed E-state index contributed by atoms with van der Waals surface area (Å²) in [5.41, 5.74) is 2.14. The van der Waals surface area contributed by atoms with Crippen LogP contribution in [0.25, 0.3) is 0 Å². The van der Waals surface area contributed by atoms with Crippen LogP contribution in [0, 0.1) is 6.92 Å². The fraction of sp³-hybridized carbons (Fsp3) is 0.565. The van der Waals surface area contributed by atoms with Crippen LogP contribution in [0.15, 0.2) is 33.8 Å². The van der Waals surface area contributed by atoms with Crippen LogP contribution in [0.1, 0.15) is 56.9 Å². The van der Waals surface area contributed by atoms with E-state index in [1.54, 1.807) is 13.3 Å². The summed E-state index contributed by atoms with van der Waals surface area (Å²) in [6.07, 6.45) is 2.64. The van der Waals surface area contributed by atoms with Crippen LogP contribution < -0.4 is 15.4 Å². The van der Waals surface area contributed by atoms with Crippen molar-refractivity contribution in [2.75, 3.05) is 26.9 Å². The average molecular weight is 544 g/mol. The molecule has 174 valence electrons. The van der Waals surface area contributed by atoms with Crippen molar-refractivity contribution in [3.05, 3.63) is 47.2 Å². The zero-order valence-corrected chi connectivity index (χ0v) is 21.9. The van der Waals surface area contributed by atoms with Crippen LogP contribution in [0.5, 0.6) is 5.75 Å². The molecule has 7 nitrogen and oxygen atoms in total. The predicted molar refractivity (Wildman–Crippen MR) is 135 cm³/mol. The summed E-state index contributed by atoms with van der Waals surface area (Å²) in [5, 5.41) is 6.55. The Morgan fingerprint density at radius 2 is 1.97 bits per heavy atom. The molecule has 0 aliphatic rings. The number of hydrogen-bond donors (Lipinski definition) is 2. The number of hydrogen-bond acceptors (Lipinski definition) is 5. The summed E-state index contributed by atoms with van der Waals surface area (Å²) in [4.78, 5) is 9.07. The standard InChI is InChI=1S/C23H36N4O3.HI/c1-7-24-22(27-16-21-25-15-20(30-21)23(3,4)5)26-14-18-10-9-17(2)13-19(18)29-12-8-11-28-6;/h9-10,13,15H,7-8,11-12,14,16H2,1-6H3,(H2,24,26,27);1H. The van der Waals surface area contributed by atoms with Crippen LogP contribution >= 0.6 is 24.0 Å². The first-order chi connectivity index (χ1) is 14.3. The van der Waals surface area contributed by atoms with Crippen LogP contribution in [-0.4, -0.2) is 37.8 Å². The van der Waals surface area contributed by atoms with Crippen LogP contribution in [0.4, 0.5) is 0 Å². The van der Waals surface area contributed by atoms with Crippen molar-refractivity contribution in [2.24, 2.45) is 4.99 Å². The molecule has 0 atom stereocenters. The van der Waals surface area contributed by atoms with Gasteiger partial charge in [0.15, 0.2) is 5.96 Å². The number of nitrogens with zero attached hydrogens (tertiary/aromatic N) is 2. The van der Waals surface area contributed by atoms with Crippen molar-refractivity contribution in [1.29, 1.82) is 0 Å². The molecule has 2 N–H and O–H groups in total. The van der Waals surface area contributed by atoms with Crippen molar-refractivity contribution >= 4 is 29.9 Å². The lowest BCUT2D eigenvalue weighted by Crippen LogP contribution is -2.36. The van der Waals surface area contributed by atoms with Gasteiger partial charge in [0.05, 0.1) is 25.9 Å². The number of ether oxygens (including phenoxy) is 2. The normalized spacial score (nSPS) is 11.7. The molecule has 31 heavy (non-hydrogen) atoms. The van der Waals surface area contributed by atoms with Gasteiger partial charge in [0, 0.05) is 37.7 Å². The summed E-state index contributed by atoms with van der Waals surface area (Å²) in [6.45, 7) is 13.5. The number of aromatic nitrogens is 1. The first-order valence-corrected chi connectivity index (χ1v) is 10.5. The fourth-order valence-corrected chi connectivity index (χ4v) is 2.72. The number of rotatable bonds is 10. The minimum absolute atomic E-state index is 0. The minimum Gasteiger partial charge on any atom is -0.493 e. The maximum Gasteiger partial charge on any atom is 0.213 e. The van der Waals surface area contributed by atoms with Crippen LogP contribution in [0.2, 0.25) is 0 Å². The van der Waals surface area contributed by atoms with E-state index in [1.165, 1.54) is 0 Å². The molecule has 0 bridgehead atoms. The molecule has 2 rings (SSSR count). The molecule has 8 heteroatoms. The second-order valence-corrected chi connectivity index (χ2v) is 8.22. The number of nitrogens with one attached hydrogen (secondary N) is 2. The minimum atomic E-state index is -0.0606. The van der Waals surface area contributed by atoms with Gasteiger partial charge in [-0.15, -0.1) is 24.0 Å². The quantitative estimate of drug-likeness (QED) is 0.198. The molecule has 2 aromatic rings. The Morgan fingerprint density at radius 3 is 2.61 bits per heavy atom. The molecule has 1 aromatic carbocycles. The molecule has 1 heterocycles. The zero-order chi connectivity index (χ0) is 22.0. The number of guanidine groups is 1. The van der Waals surface area contributed by atoms with Gasteiger partial charge >= 0.3 is 0 Å². The molecule has 0 unspecified atom stereocenters. The SMILES string of the molecule is CCNC(=NCc1ccc(C)cc1OCCCOC)NCc1ncc(C(C)(C)C)o1.I. The van der Waals surface area contributed by atoms with Gasteiger partial charge in [-0.05, 0) is 25.5 Å². The second kappa shape index (κ2) is 13.6. The number of halogens is 1. The van der Waals surface area contributed by atoms with Crippen molar-refractivity contribution in [2.45, 2.75) is 59.5 Å². The van der Waals surface area contributed by atoms with Crippen molar-refractivity contribution in [3.8, 4) is 5.75 Å². The van der Waals surface area contributed by atoms with E-state index in [4.69, 9.17) is 18.9 Å². The number of oxazole rings is 1. The Balaban J connectivity index is 0.00000480. The maximum atomic E-state index is 5.96. The van der Waals surface area contributed by atoms with Gasteiger partial charge in [0.2, 0.25) is 5.89 Å². The van der Waals surface area contributed by atoms with E-state index in [0.29, 0.717) is 38.2 Å². The summed E-state index contributed by atoms with van der Waals surface area (Å²) < 4.78 is 16.9. The third kappa shape index (κ3) is 9.47. The molecule has 0 aliphatic carbocycles. The van der Waals surface area contributed by atoms with Gasteiger partial charge in [0.25, 0.3) is 0 Å². The molecule has 0 aliphatic heterocycles. The maximum absolute atomic E-state index is 5.96. The highest BCUT2D eigenvalue weighted by molar-refractivity contribution is 14.0. The van der Waals surface area contributed by atoms with Gasteiger partial charge < -0.3 is 24.5 Å². The molecule has 0 fully saturated rings. The van der Waals surface area contributed by atoms with Gasteiger partial charge in [0.1, 0.15) is 11.5 Å². The van der Waals surface area contributed by atoms with E-state index in [-0.39, 0.29) is 29.4 Å². The highest BCUT2D eigenvalue weighted by Crippen LogP contribution is 2.23. The van der Waals surface area contributed by atoms with E-state index in [2.05, 4.69) is 61.5 Å². The lowest BCUT2D eigenvalue weighted by molar-refractivity contribution is 0.172. The highest BCUT2D eigenvalue weighted by Gasteiger charge is 2.19. The number of aliphatic imine (C=N–C) groups is 1. The van der Waals surface area contributed by atoms with E-state index in [9.17, 15) is 0 Å². The summed E-state index contributed by atoms with van der Waals surface area (Å²) in [6, 6.07) is 6.20. The van der Waals surface area contributed by atoms with E-state index in [1.807, 2.05) is 6.92 Å². The second-order valence-electron chi connectivity index (χ2n) is 8.22. The number of benzene rings is 1. The topological polar surface area (TPSA) is 80.9 Å². The van der Waals surface area contributed by atoms with E-state index < -0.39 is 0 Å². The number of methoxy groups -OCH3 is 1. The predicted octanol–water partition coefficient (Wildman–Crippen LogP) is 4.57. The van der Waals surface area contributed by atoms with Crippen LogP contribution in [-0.2, 0) is 23.2 Å². The Labute approximate surface area is 203 Å². The Bertz CT molecular complexity index is 815. The molecule has 1 aromatic heterocycles. The monoisotopic (exact) mass is 544 g/mol. The lowest BCUT2D eigenvalue weighted by Gasteiger charge is -2.14. The number of aryl methyl sites for hydroxylation is 1. The van der Waals surface area contributed by atoms with E-state index in [0.717, 1.165) is 35.6 Å². The van der Waals surface area contributed by atoms with Crippen molar-refractivity contribution in [1.82, 2.24) is 15.6 Å². The van der Waals surface area contributed by atoms with Gasteiger partial charge in [-0.1, -0.05) is 32.9 Å². The zero-order valence-electron chi connectivity index (χ0n) is 19.6. The smallest absolute Gasteiger partial charge is 0.213 e. The van der Waals surface area contributed by atoms with E-state index >= 15 is 0 Å². The highest BCUT2D eigenvalue weighted by atomic mass is 127. The van der Waals surface area contributed by atoms with Gasteiger partial charge in [-0.25, -0.2) is 9.98 Å². The molecule has 0 amide bonds. The lowest BCUT2D eigenvalue weighted by atomic mass is 9.94. The van der Waals surface area contributed by atoms with Crippen molar-refractivity contribution in [3.63, 3.8) is 0 Å².